The molecule has 1 aliphatic rings. The Morgan fingerprint density at radius 3 is 2.56 bits per heavy atom. The number of nitrogens with two attached hydrogens (primary N) is 1. The fourth-order valence-corrected chi connectivity index (χ4v) is 2.16. The minimum atomic E-state index is 0.0465. The minimum Gasteiger partial charge on any atom is -0.497 e. The van der Waals surface area contributed by atoms with E-state index in [9.17, 15) is 0 Å². The molecule has 5 nitrogen and oxygen atoms in total. The van der Waals surface area contributed by atoms with Gasteiger partial charge in [0.1, 0.15) is 11.5 Å². The largest absolute Gasteiger partial charge is 0.497 e. The minimum absolute atomic E-state index is 0.0465. The molecule has 1 aromatic rings. The number of oxime groups is 1. The van der Waals surface area contributed by atoms with Crippen LogP contribution in [0.3, 0.4) is 0 Å². The Balaban J connectivity index is 2.22. The third-order valence-electron chi connectivity index (χ3n) is 3.12. The lowest BCUT2D eigenvalue weighted by Gasteiger charge is -2.15. The molecule has 18 heavy (non-hydrogen) atoms. The fourth-order valence-electron chi connectivity index (χ4n) is 2.16. The molecule has 0 aromatic heterocycles. The summed E-state index contributed by atoms with van der Waals surface area (Å²) in [4.78, 5) is 0. The molecule has 1 aromatic carbocycles. The number of rotatable bonds is 4. The molecule has 0 unspecified atom stereocenters. The molecule has 1 fully saturated rings. The first kappa shape index (κ1) is 12.5. The van der Waals surface area contributed by atoms with Crippen LogP contribution in [0.25, 0.3) is 0 Å². The van der Waals surface area contributed by atoms with Gasteiger partial charge in [-0.15, -0.1) is 0 Å². The van der Waals surface area contributed by atoms with Crippen molar-refractivity contribution in [1.82, 2.24) is 0 Å². The van der Waals surface area contributed by atoms with Gasteiger partial charge >= 0.3 is 0 Å². The number of ether oxygens (including phenoxy) is 2. The van der Waals surface area contributed by atoms with Crippen LogP contribution in [0.2, 0.25) is 0 Å². The van der Waals surface area contributed by atoms with E-state index >= 15 is 0 Å². The zero-order chi connectivity index (χ0) is 13.0. The van der Waals surface area contributed by atoms with Gasteiger partial charge in [-0.2, -0.15) is 0 Å². The fraction of sp³-hybridized carbons (Fsp3) is 0.462. The number of nitrogens with zero attached hydrogens (tertiary/aromatic N) is 1. The zero-order valence-corrected chi connectivity index (χ0v) is 10.4. The summed E-state index contributed by atoms with van der Waals surface area (Å²) in [5.41, 5.74) is 6.17. The van der Waals surface area contributed by atoms with Crippen LogP contribution in [0.15, 0.2) is 23.4 Å². The average molecular weight is 250 g/mol. The summed E-state index contributed by atoms with van der Waals surface area (Å²) in [5, 5.41) is 11.7. The van der Waals surface area contributed by atoms with Crippen molar-refractivity contribution >= 4 is 5.84 Å². The quantitative estimate of drug-likeness (QED) is 0.371. The molecule has 0 atom stereocenters. The van der Waals surface area contributed by atoms with Gasteiger partial charge in [-0.1, -0.05) is 5.16 Å². The summed E-state index contributed by atoms with van der Waals surface area (Å²) in [5.74, 6) is 1.38. The van der Waals surface area contributed by atoms with E-state index < -0.39 is 0 Å². The maximum Gasteiger partial charge on any atom is 0.170 e. The molecule has 98 valence electrons. The highest BCUT2D eigenvalue weighted by atomic mass is 16.5. The normalized spacial score (nSPS) is 16.8. The summed E-state index contributed by atoms with van der Waals surface area (Å²) >= 11 is 0. The summed E-state index contributed by atoms with van der Waals surface area (Å²) in [6.45, 7) is 0. The van der Waals surface area contributed by atoms with Gasteiger partial charge in [-0.05, 0) is 37.8 Å². The van der Waals surface area contributed by atoms with E-state index in [0.717, 1.165) is 12.8 Å². The van der Waals surface area contributed by atoms with E-state index in [4.69, 9.17) is 20.4 Å². The Hall–Kier alpha value is -1.91. The van der Waals surface area contributed by atoms with E-state index in [1.807, 2.05) is 6.07 Å². The van der Waals surface area contributed by atoms with E-state index in [0.29, 0.717) is 17.1 Å². The second kappa shape index (κ2) is 5.62. The van der Waals surface area contributed by atoms with Crippen LogP contribution < -0.4 is 15.2 Å². The molecule has 3 N–H and O–H groups in total. The van der Waals surface area contributed by atoms with Crippen molar-refractivity contribution in [3.05, 3.63) is 23.8 Å². The molecule has 0 amide bonds. The molecule has 2 rings (SSSR count). The molecule has 5 heteroatoms. The highest BCUT2D eigenvalue weighted by Crippen LogP contribution is 2.28. The van der Waals surface area contributed by atoms with Gasteiger partial charge in [0, 0.05) is 11.6 Å². The predicted molar refractivity (Wildman–Crippen MR) is 68.4 cm³/mol. The average Bonchev–Trinajstić information content (AvgIpc) is 2.90. The number of methoxy groups -OCH3 is 1. The molecular formula is C13H18N2O3. The molecule has 0 heterocycles. The molecule has 0 aliphatic heterocycles. The highest BCUT2D eigenvalue weighted by molar-refractivity contribution is 5.97. The third kappa shape index (κ3) is 2.85. The number of benzene rings is 1. The number of hydrogen-bond acceptors (Lipinski definition) is 4. The van der Waals surface area contributed by atoms with E-state index in [-0.39, 0.29) is 11.9 Å². The lowest BCUT2D eigenvalue weighted by atomic mass is 10.2. The van der Waals surface area contributed by atoms with Crippen LogP contribution in [0.4, 0.5) is 0 Å². The van der Waals surface area contributed by atoms with E-state index in [2.05, 4.69) is 5.16 Å². The van der Waals surface area contributed by atoms with Crippen LogP contribution in [-0.2, 0) is 0 Å². The van der Waals surface area contributed by atoms with Crippen molar-refractivity contribution in [1.29, 1.82) is 0 Å². The van der Waals surface area contributed by atoms with Crippen molar-refractivity contribution in [2.45, 2.75) is 31.8 Å². The van der Waals surface area contributed by atoms with Crippen molar-refractivity contribution in [3.63, 3.8) is 0 Å². The van der Waals surface area contributed by atoms with Crippen molar-refractivity contribution in [3.8, 4) is 11.5 Å². The second-order valence-electron chi connectivity index (χ2n) is 4.41. The van der Waals surface area contributed by atoms with Gasteiger partial charge in [-0.25, -0.2) is 0 Å². The first-order valence-corrected chi connectivity index (χ1v) is 6.06. The van der Waals surface area contributed by atoms with Gasteiger partial charge in [0.25, 0.3) is 0 Å². The monoisotopic (exact) mass is 250 g/mol. The van der Waals surface area contributed by atoms with Crippen LogP contribution in [0.5, 0.6) is 11.5 Å². The molecule has 0 spiro atoms. The smallest absolute Gasteiger partial charge is 0.170 e. The second-order valence-corrected chi connectivity index (χ2v) is 4.41. The Bertz CT molecular complexity index is 440. The Morgan fingerprint density at radius 2 is 1.94 bits per heavy atom. The SMILES string of the molecule is COc1cc(OC2CCCC2)cc(/C(N)=N/O)c1. The topological polar surface area (TPSA) is 77.1 Å². The van der Waals surface area contributed by atoms with Crippen LogP contribution >= 0.6 is 0 Å². The molecular weight excluding hydrogens is 232 g/mol. The first-order chi connectivity index (χ1) is 8.72. The first-order valence-electron chi connectivity index (χ1n) is 6.06. The Labute approximate surface area is 106 Å². The van der Waals surface area contributed by atoms with Crippen molar-refractivity contribution in [2.75, 3.05) is 7.11 Å². The number of amidine groups is 1. The maximum absolute atomic E-state index is 8.71. The molecule has 1 aliphatic carbocycles. The van der Waals surface area contributed by atoms with Gasteiger partial charge in [0.15, 0.2) is 5.84 Å². The summed E-state index contributed by atoms with van der Waals surface area (Å²) in [6, 6.07) is 5.28. The van der Waals surface area contributed by atoms with Gasteiger partial charge in [0.2, 0.25) is 0 Å². The maximum atomic E-state index is 8.71. The Kier molecular flexibility index (Phi) is 3.92. The number of hydrogen-bond donors (Lipinski definition) is 2. The summed E-state index contributed by atoms with van der Waals surface area (Å²) in [7, 11) is 1.57. The van der Waals surface area contributed by atoms with Gasteiger partial charge in [-0.3, -0.25) is 0 Å². The van der Waals surface area contributed by atoms with E-state index in [1.54, 1.807) is 19.2 Å². The highest BCUT2D eigenvalue weighted by Gasteiger charge is 2.17. The van der Waals surface area contributed by atoms with Crippen LogP contribution in [0, 0.1) is 0 Å². The van der Waals surface area contributed by atoms with Crippen LogP contribution in [0.1, 0.15) is 31.2 Å². The van der Waals surface area contributed by atoms with Gasteiger partial charge < -0.3 is 20.4 Å². The standard InChI is InChI=1S/C13H18N2O3/c1-17-11-6-9(13(14)15-16)7-12(8-11)18-10-4-2-3-5-10/h6-8,10,16H,2-5H2,1H3,(H2,14,15). The molecule has 0 bridgehead atoms. The Morgan fingerprint density at radius 1 is 1.28 bits per heavy atom. The van der Waals surface area contributed by atoms with Crippen molar-refractivity contribution in [2.24, 2.45) is 10.9 Å². The molecule has 0 radical (unpaired) electrons. The van der Waals surface area contributed by atoms with Crippen LogP contribution in [-0.4, -0.2) is 24.3 Å². The van der Waals surface area contributed by atoms with Crippen molar-refractivity contribution < 1.29 is 14.7 Å². The summed E-state index contributed by atoms with van der Waals surface area (Å²) < 4.78 is 11.1. The summed E-state index contributed by atoms with van der Waals surface area (Å²) in [6.07, 6.45) is 4.84. The predicted octanol–water partition coefficient (Wildman–Crippen LogP) is 2.11. The van der Waals surface area contributed by atoms with E-state index in [1.165, 1.54) is 12.8 Å². The lowest BCUT2D eigenvalue weighted by molar-refractivity contribution is 0.209. The zero-order valence-electron chi connectivity index (χ0n) is 10.4. The lowest BCUT2D eigenvalue weighted by Crippen LogP contribution is -2.15. The third-order valence-corrected chi connectivity index (χ3v) is 3.12. The molecule has 0 saturated heterocycles. The van der Waals surface area contributed by atoms with Gasteiger partial charge in [0.05, 0.1) is 13.2 Å². The molecule has 1 saturated carbocycles.